The van der Waals surface area contributed by atoms with Crippen LogP contribution < -0.4 is 0 Å². The van der Waals surface area contributed by atoms with Crippen molar-refractivity contribution in [1.82, 2.24) is 0 Å². The molecule has 0 heterocycles. The lowest BCUT2D eigenvalue weighted by Crippen LogP contribution is -2.12. The van der Waals surface area contributed by atoms with Crippen LogP contribution in [0, 0.1) is 5.41 Å². The summed E-state index contributed by atoms with van der Waals surface area (Å²) >= 11 is 0. The van der Waals surface area contributed by atoms with Crippen LogP contribution in [0.25, 0.3) is 0 Å². The third-order valence-electron chi connectivity index (χ3n) is 1.09. The summed E-state index contributed by atoms with van der Waals surface area (Å²) in [5.41, 5.74) is 0.0463. The Balaban J connectivity index is 3.61. The van der Waals surface area contributed by atoms with Gasteiger partial charge in [0.2, 0.25) is 0 Å². The van der Waals surface area contributed by atoms with Crippen molar-refractivity contribution < 1.29 is 17.2 Å². The van der Waals surface area contributed by atoms with E-state index < -0.39 is 10.4 Å². The molecule has 0 unspecified atom stereocenters. The molecule has 0 amide bonds. The number of rotatable bonds is 3. The second-order valence-corrected chi connectivity index (χ2v) is 4.73. The summed E-state index contributed by atoms with van der Waals surface area (Å²) in [5.74, 6) is 0. The lowest BCUT2D eigenvalue weighted by Gasteiger charge is -2.15. The van der Waals surface area contributed by atoms with Gasteiger partial charge in [-0.1, -0.05) is 20.8 Å². The van der Waals surface area contributed by atoms with Crippen molar-refractivity contribution >= 4 is 10.4 Å². The minimum absolute atomic E-state index is 0.0463. The van der Waals surface area contributed by atoms with Crippen molar-refractivity contribution in [2.75, 3.05) is 6.61 Å². The van der Waals surface area contributed by atoms with E-state index in [9.17, 15) is 8.42 Å². The van der Waals surface area contributed by atoms with Gasteiger partial charge in [0.05, 0.1) is 6.61 Å². The third kappa shape index (κ3) is 9.87. The van der Waals surface area contributed by atoms with Crippen LogP contribution in [-0.4, -0.2) is 19.6 Å². The van der Waals surface area contributed by atoms with Crippen LogP contribution in [0.4, 0.5) is 0 Å². The Morgan fingerprint density at radius 2 is 1.82 bits per heavy atom. The molecule has 0 radical (unpaired) electrons. The lowest BCUT2D eigenvalue weighted by molar-refractivity contribution is 0.222. The van der Waals surface area contributed by atoms with Crippen molar-refractivity contribution in [2.24, 2.45) is 5.41 Å². The molecule has 0 saturated heterocycles. The van der Waals surface area contributed by atoms with E-state index in [4.69, 9.17) is 4.55 Å². The predicted octanol–water partition coefficient (Wildman–Crippen LogP) is 0.409. The maximum absolute atomic E-state index is 10.2. The number of hydrogen-bond acceptors (Lipinski definition) is 3. The summed E-state index contributed by atoms with van der Waals surface area (Å²) in [7, 11) is -4.00. The minimum atomic E-state index is -4.00. The summed E-state index contributed by atoms with van der Waals surface area (Å²) in [4.78, 5) is 0. The molecular formula is C6H15O4S+. The topological polar surface area (TPSA) is 66.3 Å². The van der Waals surface area contributed by atoms with Crippen LogP contribution >= 0.6 is 0 Å². The van der Waals surface area contributed by atoms with Gasteiger partial charge in [-0.05, 0) is 11.8 Å². The molecule has 5 heteroatoms. The molecule has 0 atom stereocenters. The van der Waals surface area contributed by atoms with Gasteiger partial charge in [0.15, 0.2) is 0 Å². The van der Waals surface area contributed by atoms with Crippen LogP contribution in [0.3, 0.4) is 0 Å². The van der Waals surface area contributed by atoms with Crippen LogP contribution in [0.2, 0.25) is 0 Å². The van der Waals surface area contributed by atoms with Crippen LogP contribution in [0.1, 0.15) is 27.2 Å². The molecule has 4 nitrogen and oxygen atoms in total. The van der Waals surface area contributed by atoms with Gasteiger partial charge in [0.1, 0.15) is 0 Å². The molecule has 0 aromatic rings. The van der Waals surface area contributed by atoms with Gasteiger partial charge in [-0.25, -0.2) is 4.18 Å². The molecule has 0 fully saturated rings. The summed E-state index contributed by atoms with van der Waals surface area (Å²) in [5, 5.41) is 0. The second kappa shape index (κ2) is 3.51. The standard InChI is InChI=1S/C6H14O4S/c1-6(2,3)4-5-10-11(7,8)9/h4-5H2,1-3H3,(H,7,8,9)/p+1. The van der Waals surface area contributed by atoms with E-state index in [1.54, 1.807) is 0 Å². The van der Waals surface area contributed by atoms with Crippen LogP contribution in [0.5, 0.6) is 0 Å². The van der Waals surface area contributed by atoms with Crippen molar-refractivity contribution in [3.63, 3.8) is 0 Å². The molecule has 0 bridgehead atoms. The molecule has 0 spiro atoms. The first-order chi connectivity index (χ1) is 4.71. The molecule has 0 rings (SSSR count). The molecule has 0 aliphatic rings. The Labute approximate surface area is 67.5 Å². The normalized spacial score (nSPS) is 13.5. The second-order valence-electron chi connectivity index (χ2n) is 3.59. The molecular weight excluding hydrogens is 168 g/mol. The smallest absolute Gasteiger partial charge is 0.309 e. The van der Waals surface area contributed by atoms with E-state index in [1.807, 2.05) is 20.8 Å². The van der Waals surface area contributed by atoms with Crippen LogP contribution in [0.15, 0.2) is 0 Å². The Hall–Kier alpha value is -0.130. The van der Waals surface area contributed by atoms with Gasteiger partial charge in [-0.2, -0.15) is 0 Å². The molecule has 11 heavy (non-hydrogen) atoms. The summed E-state index contributed by atoms with van der Waals surface area (Å²) in [6, 6.07) is 0. The molecule has 0 aliphatic heterocycles. The maximum atomic E-state index is 10.2. The zero-order valence-electron chi connectivity index (χ0n) is 7.05. The summed E-state index contributed by atoms with van der Waals surface area (Å²) in [6.07, 6.45) is 0.630. The highest BCUT2D eigenvalue weighted by Crippen LogP contribution is 2.18. The Bertz CT molecular complexity index is 199. The summed E-state index contributed by atoms with van der Waals surface area (Å²) in [6.45, 7) is 6.03. The molecule has 0 aromatic heterocycles. The fraction of sp³-hybridized carbons (Fsp3) is 1.00. The van der Waals surface area contributed by atoms with Gasteiger partial charge >= 0.3 is 10.4 Å². The molecule has 2 N–H and O–H groups in total. The van der Waals surface area contributed by atoms with Gasteiger partial charge in [-0.15, -0.1) is 8.42 Å². The van der Waals surface area contributed by atoms with Gasteiger partial charge < -0.3 is 4.55 Å². The largest absolute Gasteiger partial charge is 0.528 e. The fourth-order valence-electron chi connectivity index (χ4n) is 0.458. The summed E-state index contributed by atoms with van der Waals surface area (Å²) < 4.78 is 31.0. The highest BCUT2D eigenvalue weighted by molar-refractivity contribution is 7.80. The first-order valence-corrected chi connectivity index (χ1v) is 4.75. The van der Waals surface area contributed by atoms with E-state index in [1.165, 1.54) is 0 Å². The van der Waals surface area contributed by atoms with Gasteiger partial charge in [-0.3, -0.25) is 0 Å². The van der Waals surface area contributed by atoms with Crippen molar-refractivity contribution in [3.05, 3.63) is 0 Å². The Kier molecular flexibility index (Phi) is 3.47. The van der Waals surface area contributed by atoms with Crippen LogP contribution in [-0.2, 0) is 14.6 Å². The zero-order chi connectivity index (χ0) is 9.12. The van der Waals surface area contributed by atoms with E-state index in [2.05, 4.69) is 4.18 Å². The Morgan fingerprint density at radius 1 is 1.36 bits per heavy atom. The maximum Gasteiger partial charge on any atom is 0.528 e. The minimum Gasteiger partial charge on any atom is -0.309 e. The fourth-order valence-corrected chi connectivity index (χ4v) is 0.760. The van der Waals surface area contributed by atoms with Gasteiger partial charge in [0, 0.05) is 0 Å². The average Bonchev–Trinajstić information content (AvgIpc) is 1.55. The first kappa shape index (κ1) is 10.9. The molecule has 68 valence electrons. The lowest BCUT2D eigenvalue weighted by atomic mass is 9.93. The van der Waals surface area contributed by atoms with E-state index in [-0.39, 0.29) is 12.0 Å². The molecule has 0 saturated carbocycles. The quantitative estimate of drug-likeness (QED) is 0.595. The van der Waals surface area contributed by atoms with E-state index >= 15 is 0 Å². The first-order valence-electron chi connectivity index (χ1n) is 3.35. The molecule has 0 aliphatic carbocycles. The van der Waals surface area contributed by atoms with E-state index in [0.717, 1.165) is 0 Å². The van der Waals surface area contributed by atoms with Crippen molar-refractivity contribution in [1.29, 1.82) is 0 Å². The van der Waals surface area contributed by atoms with Crippen molar-refractivity contribution in [3.8, 4) is 0 Å². The average molecular weight is 183 g/mol. The highest BCUT2D eigenvalue weighted by Gasteiger charge is 2.14. The Morgan fingerprint density at radius 3 is 2.09 bits per heavy atom. The highest BCUT2D eigenvalue weighted by atomic mass is 32.3. The third-order valence-corrected chi connectivity index (χ3v) is 1.57. The molecule has 0 aromatic carbocycles. The van der Waals surface area contributed by atoms with Gasteiger partial charge in [0.25, 0.3) is 0 Å². The monoisotopic (exact) mass is 183 g/mol. The SMILES string of the molecule is CC(C)(C)CCOS(=O)(=O)[OH2+]. The zero-order valence-corrected chi connectivity index (χ0v) is 7.86. The number of hydrogen-bond donors (Lipinski definition) is 0. The van der Waals surface area contributed by atoms with Crippen molar-refractivity contribution in [2.45, 2.75) is 27.2 Å². The van der Waals surface area contributed by atoms with E-state index in [0.29, 0.717) is 6.42 Å². The predicted molar refractivity (Wildman–Crippen MR) is 42.6 cm³/mol.